The first kappa shape index (κ1) is 8.31. The van der Waals surface area contributed by atoms with Crippen LogP contribution in [0.15, 0.2) is 6.33 Å². The summed E-state index contributed by atoms with van der Waals surface area (Å²) in [7, 11) is 1.90. The normalized spacial score (nSPS) is 8.25. The molecule has 0 unspecified atom stereocenters. The van der Waals surface area contributed by atoms with E-state index in [4.69, 9.17) is 0 Å². The molecule has 0 aromatic carbocycles. The van der Waals surface area contributed by atoms with Gasteiger partial charge in [-0.1, -0.05) is 12.0 Å². The molecular weight excluding hydrogens is 177 g/mol. The van der Waals surface area contributed by atoms with E-state index < -0.39 is 0 Å². The Morgan fingerprint density at radius 2 is 2.38 bits per heavy atom. The summed E-state index contributed by atoms with van der Waals surface area (Å²) < 4.78 is 1.80. The van der Waals surface area contributed by atoms with Crippen LogP contribution < -0.4 is 0 Å². The molecule has 0 fully saturated rings. The van der Waals surface area contributed by atoms with Crippen LogP contribution in [0.25, 0.3) is 0 Å². The molecule has 0 spiro atoms. The van der Waals surface area contributed by atoms with Gasteiger partial charge in [-0.3, -0.25) is 0 Å². The minimum Gasteiger partial charge on any atom is -0.503 e. The van der Waals surface area contributed by atoms with E-state index in [2.05, 4.69) is 11.2 Å². The summed E-state index contributed by atoms with van der Waals surface area (Å²) in [6, 6.07) is 0. The van der Waals surface area contributed by atoms with Crippen LogP contribution in [0, 0.1) is 13.1 Å². The largest absolute Gasteiger partial charge is 0.503 e. The quantitative estimate of drug-likeness (QED) is 0.537. The van der Waals surface area contributed by atoms with E-state index in [1.54, 1.807) is 10.9 Å². The molecule has 0 aliphatic rings. The van der Waals surface area contributed by atoms with Crippen molar-refractivity contribution in [3.8, 4) is 0 Å². The van der Waals surface area contributed by atoms with Gasteiger partial charge < -0.3 is 9.55 Å². The fourth-order valence-corrected chi connectivity index (χ4v) is 0.486. The molecule has 41 valence electrons. The summed E-state index contributed by atoms with van der Waals surface area (Å²) in [5.74, 6) is 0. The van der Waals surface area contributed by atoms with Gasteiger partial charge in [-0.2, -0.15) is 0 Å². The maximum Gasteiger partial charge on any atom is 0 e. The predicted molar refractivity (Wildman–Crippen MR) is 26.8 cm³/mol. The maximum atomic E-state index is 3.92. The van der Waals surface area contributed by atoms with Gasteiger partial charge in [-0.05, 0) is 14.0 Å². The van der Waals surface area contributed by atoms with Crippen molar-refractivity contribution in [3.63, 3.8) is 0 Å². The molecule has 0 saturated heterocycles. The number of hydrogen-bond donors (Lipinski definition) is 0. The zero-order chi connectivity index (χ0) is 5.28. The Hall–Kier alpha value is 0.314. The predicted octanol–water partition coefficient (Wildman–Crippen LogP) is 0.526. The summed E-state index contributed by atoms with van der Waals surface area (Å²) in [6.07, 6.45) is 4.68. The molecule has 0 aliphatic heterocycles. The van der Waals surface area contributed by atoms with Gasteiger partial charge in [0.2, 0.25) is 0 Å². The van der Waals surface area contributed by atoms with E-state index in [0.29, 0.717) is 0 Å². The Morgan fingerprint density at radius 1 is 1.75 bits per heavy atom. The smallest absolute Gasteiger partial charge is 0 e. The van der Waals surface area contributed by atoms with E-state index in [1.807, 2.05) is 14.0 Å². The monoisotopic (exact) mass is 184 g/mol. The number of imidazole rings is 1. The van der Waals surface area contributed by atoms with Crippen LogP contribution in [0.1, 0.15) is 5.69 Å². The van der Waals surface area contributed by atoms with Crippen molar-refractivity contribution < 1.29 is 32.7 Å². The van der Waals surface area contributed by atoms with Crippen LogP contribution in [0.3, 0.4) is 0 Å². The van der Waals surface area contributed by atoms with Gasteiger partial charge in [0, 0.05) is 32.7 Å². The number of hydrogen-bond acceptors (Lipinski definition) is 1. The second-order valence-electron chi connectivity index (χ2n) is 1.55. The standard InChI is InChI=1S/C5H7N2.Y/c1-5-3-7(2)4-6-5;/h4H,1-2H3;/q-1;. The van der Waals surface area contributed by atoms with Gasteiger partial charge in [0.05, 0.1) is 0 Å². The topological polar surface area (TPSA) is 17.8 Å². The molecule has 1 aromatic heterocycles. The first-order chi connectivity index (χ1) is 3.29. The summed E-state index contributed by atoms with van der Waals surface area (Å²) in [6.45, 7) is 1.92. The van der Waals surface area contributed by atoms with Crippen molar-refractivity contribution in [2.45, 2.75) is 6.92 Å². The van der Waals surface area contributed by atoms with Crippen molar-refractivity contribution in [3.05, 3.63) is 18.2 Å². The van der Waals surface area contributed by atoms with E-state index in [0.717, 1.165) is 5.69 Å². The summed E-state index contributed by atoms with van der Waals surface area (Å²) in [5.41, 5.74) is 0.947. The molecule has 2 nitrogen and oxygen atoms in total. The fourth-order valence-electron chi connectivity index (χ4n) is 0.486. The second kappa shape index (κ2) is 3.36. The molecule has 0 amide bonds. The van der Waals surface area contributed by atoms with E-state index in [1.165, 1.54) is 0 Å². The van der Waals surface area contributed by atoms with Gasteiger partial charge >= 0.3 is 0 Å². The molecule has 0 atom stereocenters. The Balaban J connectivity index is 0.000000490. The SMILES string of the molecule is Cc1[c-]n(C)cn1.[Y]. The van der Waals surface area contributed by atoms with Gasteiger partial charge in [0.25, 0.3) is 0 Å². The van der Waals surface area contributed by atoms with E-state index in [-0.39, 0.29) is 32.7 Å². The Labute approximate surface area is 74.2 Å². The molecule has 1 aromatic rings. The van der Waals surface area contributed by atoms with Gasteiger partial charge in [0.1, 0.15) is 0 Å². The molecule has 0 saturated carbocycles. The molecule has 0 aliphatic carbocycles. The number of nitrogens with zero attached hydrogens (tertiary/aromatic N) is 2. The van der Waals surface area contributed by atoms with Gasteiger partial charge in [0.15, 0.2) is 0 Å². The Kier molecular flexibility index (Phi) is 3.49. The number of rotatable bonds is 0. The maximum absolute atomic E-state index is 3.92. The Morgan fingerprint density at radius 3 is 2.50 bits per heavy atom. The third-order valence-electron chi connectivity index (χ3n) is 0.763. The van der Waals surface area contributed by atoms with Crippen molar-refractivity contribution in [2.75, 3.05) is 0 Å². The van der Waals surface area contributed by atoms with Crippen LogP contribution in [0.5, 0.6) is 0 Å². The van der Waals surface area contributed by atoms with E-state index in [9.17, 15) is 0 Å². The average Bonchev–Trinajstić information content (AvgIpc) is 1.87. The molecule has 8 heavy (non-hydrogen) atoms. The summed E-state index contributed by atoms with van der Waals surface area (Å²) >= 11 is 0. The third-order valence-corrected chi connectivity index (χ3v) is 0.763. The zero-order valence-electron chi connectivity index (χ0n) is 5.05. The molecular formula is C5H7N2Y-. The number of aryl methyl sites for hydroxylation is 2. The van der Waals surface area contributed by atoms with E-state index >= 15 is 0 Å². The van der Waals surface area contributed by atoms with Crippen molar-refractivity contribution in [1.82, 2.24) is 9.55 Å². The molecule has 1 radical (unpaired) electrons. The summed E-state index contributed by atoms with van der Waals surface area (Å²) in [4.78, 5) is 3.92. The van der Waals surface area contributed by atoms with Crippen LogP contribution in [0.4, 0.5) is 0 Å². The minimum atomic E-state index is 0. The molecule has 1 rings (SSSR count). The molecule has 0 N–H and O–H groups in total. The van der Waals surface area contributed by atoms with Crippen LogP contribution in [0.2, 0.25) is 0 Å². The second-order valence-corrected chi connectivity index (χ2v) is 1.55. The van der Waals surface area contributed by atoms with Crippen molar-refractivity contribution >= 4 is 0 Å². The molecule has 0 bridgehead atoms. The first-order valence-corrected chi connectivity index (χ1v) is 2.16. The third kappa shape index (κ3) is 2.06. The van der Waals surface area contributed by atoms with Crippen LogP contribution >= 0.6 is 0 Å². The van der Waals surface area contributed by atoms with Crippen LogP contribution in [-0.4, -0.2) is 9.55 Å². The number of aromatic nitrogens is 2. The van der Waals surface area contributed by atoms with Crippen molar-refractivity contribution in [1.29, 1.82) is 0 Å². The van der Waals surface area contributed by atoms with Crippen molar-refractivity contribution in [2.24, 2.45) is 7.05 Å². The molecule has 1 heterocycles. The molecule has 3 heteroatoms. The average molecular weight is 184 g/mol. The van der Waals surface area contributed by atoms with Gasteiger partial charge in [-0.15, -0.1) is 6.20 Å². The fraction of sp³-hybridized carbons (Fsp3) is 0.400. The Bertz CT molecular complexity index is 143. The minimum absolute atomic E-state index is 0. The van der Waals surface area contributed by atoms with Crippen LogP contribution in [-0.2, 0) is 39.8 Å². The first-order valence-electron chi connectivity index (χ1n) is 2.16. The van der Waals surface area contributed by atoms with Gasteiger partial charge in [-0.25, -0.2) is 0 Å². The zero-order valence-corrected chi connectivity index (χ0v) is 7.89. The summed E-state index contributed by atoms with van der Waals surface area (Å²) in [5, 5.41) is 0.